The van der Waals surface area contributed by atoms with Crippen molar-refractivity contribution >= 4 is 23.4 Å². The van der Waals surface area contributed by atoms with E-state index in [0.29, 0.717) is 24.2 Å². The number of carbonyl (C=O) groups is 1. The van der Waals surface area contributed by atoms with E-state index in [4.69, 9.17) is 9.51 Å². The first-order valence-corrected chi connectivity index (χ1v) is 12.4. The second-order valence-corrected chi connectivity index (χ2v) is 9.76. The van der Waals surface area contributed by atoms with Crippen LogP contribution in [0.25, 0.3) is 17.0 Å². The third-order valence-corrected chi connectivity index (χ3v) is 6.76. The van der Waals surface area contributed by atoms with Gasteiger partial charge in [-0.15, -0.1) is 11.8 Å². The molecule has 1 aliphatic heterocycles. The first-order chi connectivity index (χ1) is 15.8. The molecule has 2 heterocycles. The summed E-state index contributed by atoms with van der Waals surface area (Å²) >= 11 is 1.69. The van der Waals surface area contributed by atoms with Crippen molar-refractivity contribution in [2.75, 3.05) is 12.8 Å². The number of thioether (sulfide) groups is 1. The molecule has 1 atom stereocenters. The average molecular weight is 463 g/mol. The molecular formula is C26H30N4O2S. The van der Waals surface area contributed by atoms with E-state index < -0.39 is 0 Å². The number of nitrogens with one attached hydrogen (secondary N) is 1. The van der Waals surface area contributed by atoms with Crippen molar-refractivity contribution in [1.82, 2.24) is 20.4 Å². The van der Waals surface area contributed by atoms with Gasteiger partial charge in [-0.2, -0.15) is 4.98 Å². The van der Waals surface area contributed by atoms with Gasteiger partial charge in [-0.1, -0.05) is 37.2 Å². The highest BCUT2D eigenvalue weighted by Crippen LogP contribution is 2.38. The SMILES string of the molecule is CSc1ccc(-c2noc(C3=C(C)N(CC(C)C)C(=O)NC3c3ccc(C)c(C)c3)n2)cc1. The molecule has 1 aliphatic rings. The number of hydrogen-bond acceptors (Lipinski definition) is 5. The Hall–Kier alpha value is -3.06. The topological polar surface area (TPSA) is 71.3 Å². The summed E-state index contributed by atoms with van der Waals surface area (Å²) < 4.78 is 5.78. The maximum absolute atomic E-state index is 13.1. The molecule has 0 bridgehead atoms. The van der Waals surface area contributed by atoms with Crippen LogP contribution < -0.4 is 5.32 Å². The summed E-state index contributed by atoms with van der Waals surface area (Å²) in [4.78, 5) is 20.7. The monoisotopic (exact) mass is 462 g/mol. The molecule has 3 aromatic rings. The minimum atomic E-state index is -0.368. The van der Waals surface area contributed by atoms with Gasteiger partial charge in [0.25, 0.3) is 5.89 Å². The molecule has 0 aliphatic carbocycles. The Bertz CT molecular complexity index is 1200. The summed E-state index contributed by atoms with van der Waals surface area (Å²) in [5, 5.41) is 7.43. The molecule has 2 aromatic carbocycles. The fourth-order valence-electron chi connectivity index (χ4n) is 4.03. The van der Waals surface area contributed by atoms with Crippen LogP contribution in [-0.2, 0) is 0 Å². The summed E-state index contributed by atoms with van der Waals surface area (Å²) in [5.74, 6) is 1.27. The lowest BCUT2D eigenvalue weighted by molar-refractivity contribution is 0.199. The van der Waals surface area contributed by atoms with Crippen molar-refractivity contribution in [1.29, 1.82) is 0 Å². The number of benzene rings is 2. The van der Waals surface area contributed by atoms with Crippen LogP contribution in [0.1, 0.15) is 49.4 Å². The Morgan fingerprint density at radius 2 is 1.82 bits per heavy atom. The number of aryl methyl sites for hydroxylation is 2. The summed E-state index contributed by atoms with van der Waals surface area (Å²) in [6, 6.07) is 13.9. The second-order valence-electron chi connectivity index (χ2n) is 8.88. The number of nitrogens with zero attached hydrogens (tertiary/aromatic N) is 3. The molecule has 0 saturated heterocycles. The van der Waals surface area contributed by atoms with Crippen molar-refractivity contribution in [3.05, 3.63) is 70.7 Å². The third-order valence-electron chi connectivity index (χ3n) is 6.01. The number of allylic oxidation sites excluding steroid dienone is 1. The van der Waals surface area contributed by atoms with Crippen LogP contribution in [0.3, 0.4) is 0 Å². The zero-order chi connectivity index (χ0) is 23.7. The molecule has 1 N–H and O–H groups in total. The van der Waals surface area contributed by atoms with Gasteiger partial charge in [0.05, 0.1) is 11.6 Å². The summed E-state index contributed by atoms with van der Waals surface area (Å²) in [7, 11) is 0. The molecule has 33 heavy (non-hydrogen) atoms. The Morgan fingerprint density at radius 1 is 1.09 bits per heavy atom. The smallest absolute Gasteiger partial charge is 0.322 e. The standard InChI is InChI=1S/C26H30N4O2S/c1-15(2)14-30-18(5)22(23(27-26(30)31)20-8-7-16(3)17(4)13-20)25-28-24(29-32-25)19-9-11-21(33-6)12-10-19/h7-13,15,23H,14H2,1-6H3,(H,27,31). The number of hydrogen-bond donors (Lipinski definition) is 1. The first kappa shape index (κ1) is 23.1. The van der Waals surface area contributed by atoms with Crippen molar-refractivity contribution in [2.24, 2.45) is 5.92 Å². The molecular weight excluding hydrogens is 432 g/mol. The normalized spacial score (nSPS) is 16.5. The van der Waals surface area contributed by atoms with Crippen LogP contribution in [0.2, 0.25) is 0 Å². The predicted molar refractivity (Wildman–Crippen MR) is 133 cm³/mol. The highest BCUT2D eigenvalue weighted by molar-refractivity contribution is 7.98. The molecule has 0 fully saturated rings. The lowest BCUT2D eigenvalue weighted by Gasteiger charge is -2.36. The van der Waals surface area contributed by atoms with Gasteiger partial charge in [0, 0.05) is 22.7 Å². The summed E-state index contributed by atoms with van der Waals surface area (Å²) in [5.41, 5.74) is 5.93. The predicted octanol–water partition coefficient (Wildman–Crippen LogP) is 6.23. The van der Waals surface area contributed by atoms with Crippen LogP contribution >= 0.6 is 11.8 Å². The Labute approximate surface area is 199 Å². The number of aromatic nitrogens is 2. The van der Waals surface area contributed by atoms with Gasteiger partial charge in [-0.3, -0.25) is 4.90 Å². The molecule has 1 unspecified atom stereocenters. The third kappa shape index (κ3) is 4.69. The van der Waals surface area contributed by atoms with Gasteiger partial charge in [0.15, 0.2) is 0 Å². The highest BCUT2D eigenvalue weighted by atomic mass is 32.2. The van der Waals surface area contributed by atoms with Gasteiger partial charge >= 0.3 is 6.03 Å². The molecule has 172 valence electrons. The van der Waals surface area contributed by atoms with E-state index >= 15 is 0 Å². The zero-order valence-corrected chi connectivity index (χ0v) is 20.8. The molecule has 7 heteroatoms. The second kappa shape index (κ2) is 9.43. The maximum Gasteiger partial charge on any atom is 0.322 e. The average Bonchev–Trinajstić information content (AvgIpc) is 3.27. The molecule has 2 amide bonds. The van der Waals surface area contributed by atoms with Crippen molar-refractivity contribution < 1.29 is 9.32 Å². The zero-order valence-electron chi connectivity index (χ0n) is 20.0. The van der Waals surface area contributed by atoms with Gasteiger partial charge in [-0.05, 0) is 73.9 Å². The first-order valence-electron chi connectivity index (χ1n) is 11.1. The maximum atomic E-state index is 13.1. The summed E-state index contributed by atoms with van der Waals surface area (Å²) in [6.07, 6.45) is 2.05. The molecule has 1 aromatic heterocycles. The lowest BCUT2D eigenvalue weighted by Crippen LogP contribution is -2.47. The Morgan fingerprint density at radius 3 is 2.45 bits per heavy atom. The van der Waals surface area contributed by atoms with E-state index in [-0.39, 0.29) is 12.1 Å². The van der Waals surface area contributed by atoms with Crippen molar-refractivity contribution in [3.63, 3.8) is 0 Å². The van der Waals surface area contributed by atoms with Crippen LogP contribution in [0.15, 0.2) is 57.6 Å². The van der Waals surface area contributed by atoms with Gasteiger partial charge in [0.2, 0.25) is 5.82 Å². The quantitative estimate of drug-likeness (QED) is 0.440. The van der Waals surface area contributed by atoms with E-state index in [1.165, 1.54) is 16.0 Å². The Balaban J connectivity index is 1.80. The fourth-order valence-corrected chi connectivity index (χ4v) is 4.44. The van der Waals surface area contributed by atoms with Crippen LogP contribution in [0.4, 0.5) is 4.79 Å². The number of amides is 2. The minimum absolute atomic E-state index is 0.111. The van der Waals surface area contributed by atoms with E-state index in [1.807, 2.05) is 37.4 Å². The van der Waals surface area contributed by atoms with Crippen molar-refractivity contribution in [2.45, 2.75) is 45.6 Å². The number of urea groups is 1. The van der Waals surface area contributed by atoms with Crippen LogP contribution in [-0.4, -0.2) is 33.9 Å². The molecule has 4 rings (SSSR count). The Kier molecular flexibility index (Phi) is 6.61. The molecule has 0 spiro atoms. The van der Waals surface area contributed by atoms with Gasteiger partial charge in [-0.25, -0.2) is 4.79 Å². The van der Waals surface area contributed by atoms with E-state index in [2.05, 4.69) is 56.4 Å². The van der Waals surface area contributed by atoms with Crippen LogP contribution in [0.5, 0.6) is 0 Å². The molecule has 0 saturated carbocycles. The van der Waals surface area contributed by atoms with Crippen molar-refractivity contribution in [3.8, 4) is 11.4 Å². The van der Waals surface area contributed by atoms with Gasteiger partial charge in [0.1, 0.15) is 0 Å². The van der Waals surface area contributed by atoms with E-state index in [0.717, 1.165) is 22.4 Å². The van der Waals surface area contributed by atoms with E-state index in [1.54, 1.807) is 16.7 Å². The highest BCUT2D eigenvalue weighted by Gasteiger charge is 2.36. The van der Waals surface area contributed by atoms with Gasteiger partial charge < -0.3 is 9.84 Å². The fraction of sp³-hybridized carbons (Fsp3) is 0.346. The largest absolute Gasteiger partial charge is 0.334 e. The lowest BCUT2D eigenvalue weighted by atomic mass is 9.92. The number of carbonyl (C=O) groups excluding carboxylic acids is 1. The minimum Gasteiger partial charge on any atom is -0.334 e. The van der Waals surface area contributed by atoms with E-state index in [9.17, 15) is 4.79 Å². The number of rotatable bonds is 6. The summed E-state index contributed by atoms with van der Waals surface area (Å²) in [6.45, 7) is 10.9. The molecule has 0 radical (unpaired) electrons. The van der Waals surface area contributed by atoms with Crippen LogP contribution in [0, 0.1) is 19.8 Å². The molecule has 6 nitrogen and oxygen atoms in total.